The van der Waals surface area contributed by atoms with Crippen molar-refractivity contribution in [2.75, 3.05) is 0 Å². The summed E-state index contributed by atoms with van der Waals surface area (Å²) < 4.78 is 6.42. The molecule has 0 N–H and O–H groups in total. The van der Waals surface area contributed by atoms with Gasteiger partial charge in [0.1, 0.15) is 11.2 Å². The molecule has 49 heavy (non-hydrogen) atoms. The number of aromatic nitrogens is 3. The zero-order valence-electron chi connectivity index (χ0n) is 26.3. The maximum atomic E-state index is 6.42. The fraction of sp³-hybridized carbons (Fsp3) is 0. The van der Waals surface area contributed by atoms with Gasteiger partial charge in [0.25, 0.3) is 0 Å². The van der Waals surface area contributed by atoms with Gasteiger partial charge in [-0.25, -0.2) is 15.0 Å². The highest BCUT2D eigenvalue weighted by Crippen LogP contribution is 2.46. The molecular weight excluding hydrogens is 599 g/mol. The van der Waals surface area contributed by atoms with Crippen molar-refractivity contribution in [1.29, 1.82) is 0 Å². The van der Waals surface area contributed by atoms with Crippen LogP contribution in [-0.4, -0.2) is 15.0 Å². The van der Waals surface area contributed by atoms with Crippen LogP contribution in [0.3, 0.4) is 0 Å². The molecule has 0 fully saturated rings. The average molecular weight is 626 g/mol. The van der Waals surface area contributed by atoms with E-state index in [1.165, 1.54) is 43.4 Å². The molecule has 8 aromatic carbocycles. The molecule has 0 radical (unpaired) electrons. The number of nitrogens with zero attached hydrogens (tertiary/aromatic N) is 3. The van der Waals surface area contributed by atoms with Crippen LogP contribution >= 0.6 is 0 Å². The molecule has 0 amide bonds. The molecule has 10 aromatic rings. The quantitative estimate of drug-likeness (QED) is 0.179. The van der Waals surface area contributed by atoms with Gasteiger partial charge in [-0.05, 0) is 62.7 Å². The summed E-state index contributed by atoms with van der Waals surface area (Å²) in [4.78, 5) is 14.8. The normalized spacial score (nSPS) is 11.7. The lowest BCUT2D eigenvalue weighted by atomic mass is 9.88. The van der Waals surface area contributed by atoms with Crippen LogP contribution in [0.4, 0.5) is 0 Å². The molecule has 2 heterocycles. The van der Waals surface area contributed by atoms with Gasteiger partial charge in [0.05, 0.1) is 0 Å². The third-order valence-corrected chi connectivity index (χ3v) is 9.48. The van der Waals surface area contributed by atoms with Crippen molar-refractivity contribution in [2.45, 2.75) is 0 Å². The van der Waals surface area contributed by atoms with Gasteiger partial charge in [0, 0.05) is 32.8 Å². The van der Waals surface area contributed by atoms with Crippen LogP contribution in [0.2, 0.25) is 0 Å². The second kappa shape index (κ2) is 11.0. The minimum absolute atomic E-state index is 0.637. The molecule has 0 atom stereocenters. The molecule has 10 rings (SSSR count). The maximum Gasteiger partial charge on any atom is 0.164 e. The van der Waals surface area contributed by atoms with Gasteiger partial charge in [-0.2, -0.15) is 0 Å². The Morgan fingerprint density at radius 1 is 0.306 bits per heavy atom. The van der Waals surface area contributed by atoms with E-state index in [0.717, 1.165) is 39.0 Å². The number of benzene rings is 8. The first-order valence-electron chi connectivity index (χ1n) is 16.4. The van der Waals surface area contributed by atoms with Crippen molar-refractivity contribution in [1.82, 2.24) is 15.0 Å². The molecule has 0 saturated heterocycles. The summed E-state index contributed by atoms with van der Waals surface area (Å²) in [5.74, 6) is 1.93. The molecule has 0 aliphatic rings. The summed E-state index contributed by atoms with van der Waals surface area (Å²) in [5.41, 5.74) is 9.26. The Hall–Kier alpha value is -6.65. The maximum absolute atomic E-state index is 6.42. The van der Waals surface area contributed by atoms with Crippen LogP contribution < -0.4 is 0 Å². The number of hydrogen-bond acceptors (Lipinski definition) is 4. The average Bonchev–Trinajstić information content (AvgIpc) is 3.57. The second-order valence-electron chi connectivity index (χ2n) is 12.4. The summed E-state index contributed by atoms with van der Waals surface area (Å²) in [6, 6.07) is 56.8. The first-order chi connectivity index (χ1) is 24.3. The molecule has 0 unspecified atom stereocenters. The summed E-state index contributed by atoms with van der Waals surface area (Å²) in [6.07, 6.45) is 0. The van der Waals surface area contributed by atoms with Crippen LogP contribution in [0.25, 0.3) is 99.9 Å². The van der Waals surface area contributed by atoms with E-state index >= 15 is 0 Å². The van der Waals surface area contributed by atoms with E-state index in [-0.39, 0.29) is 0 Å². The lowest BCUT2D eigenvalue weighted by Gasteiger charge is -2.14. The van der Waals surface area contributed by atoms with Crippen LogP contribution in [0, 0.1) is 0 Å². The Kier molecular flexibility index (Phi) is 6.15. The van der Waals surface area contributed by atoms with Crippen LogP contribution in [-0.2, 0) is 0 Å². The number of rotatable bonds is 5. The van der Waals surface area contributed by atoms with Gasteiger partial charge in [0.15, 0.2) is 17.5 Å². The molecule has 4 nitrogen and oxygen atoms in total. The van der Waals surface area contributed by atoms with Gasteiger partial charge < -0.3 is 4.42 Å². The molecule has 0 aliphatic heterocycles. The van der Waals surface area contributed by atoms with Crippen molar-refractivity contribution >= 4 is 43.5 Å². The van der Waals surface area contributed by atoms with Crippen LogP contribution in [0.1, 0.15) is 0 Å². The molecule has 0 bridgehead atoms. The first-order valence-corrected chi connectivity index (χ1v) is 16.4. The molecule has 0 saturated carbocycles. The second-order valence-corrected chi connectivity index (χ2v) is 12.4. The number of hydrogen-bond donors (Lipinski definition) is 0. The summed E-state index contributed by atoms with van der Waals surface area (Å²) >= 11 is 0. The Bertz CT molecular complexity index is 2750. The van der Waals surface area contributed by atoms with E-state index in [0.29, 0.717) is 17.5 Å². The van der Waals surface area contributed by atoms with Gasteiger partial charge in [-0.3, -0.25) is 0 Å². The molecule has 4 heteroatoms. The highest BCUT2D eigenvalue weighted by atomic mass is 16.3. The van der Waals surface area contributed by atoms with E-state index in [9.17, 15) is 0 Å². The van der Waals surface area contributed by atoms with Crippen molar-refractivity contribution in [3.63, 3.8) is 0 Å². The number of furan rings is 1. The molecule has 228 valence electrons. The predicted molar refractivity (Wildman–Crippen MR) is 200 cm³/mol. The predicted octanol–water partition coefficient (Wildman–Crippen LogP) is 11.9. The fourth-order valence-corrected chi connectivity index (χ4v) is 7.21. The van der Waals surface area contributed by atoms with Gasteiger partial charge in [-0.1, -0.05) is 140 Å². The van der Waals surface area contributed by atoms with E-state index < -0.39 is 0 Å². The Labute approximate surface area is 282 Å². The van der Waals surface area contributed by atoms with Crippen LogP contribution in [0.15, 0.2) is 168 Å². The Morgan fingerprint density at radius 3 is 1.55 bits per heavy atom. The number of fused-ring (bicyclic) bond motifs is 3. The fourth-order valence-electron chi connectivity index (χ4n) is 7.21. The zero-order chi connectivity index (χ0) is 32.3. The summed E-state index contributed by atoms with van der Waals surface area (Å²) in [5, 5.41) is 7.19. The van der Waals surface area contributed by atoms with E-state index in [1.807, 2.05) is 60.7 Å². The van der Waals surface area contributed by atoms with E-state index in [4.69, 9.17) is 19.4 Å². The van der Waals surface area contributed by atoms with Crippen LogP contribution in [0.5, 0.6) is 0 Å². The monoisotopic (exact) mass is 625 g/mol. The topological polar surface area (TPSA) is 51.8 Å². The molecule has 0 spiro atoms. The highest BCUT2D eigenvalue weighted by molar-refractivity contribution is 6.35. The largest absolute Gasteiger partial charge is 0.456 e. The lowest BCUT2D eigenvalue weighted by Crippen LogP contribution is -2.00. The molecule has 0 aliphatic carbocycles. The smallest absolute Gasteiger partial charge is 0.164 e. The third kappa shape index (κ3) is 4.49. The molecular formula is C45H27N3O. The summed E-state index contributed by atoms with van der Waals surface area (Å²) in [6.45, 7) is 0. The zero-order valence-corrected chi connectivity index (χ0v) is 26.3. The third-order valence-electron chi connectivity index (χ3n) is 9.48. The lowest BCUT2D eigenvalue weighted by molar-refractivity contribution is 0.669. The Morgan fingerprint density at radius 2 is 0.857 bits per heavy atom. The van der Waals surface area contributed by atoms with Crippen molar-refractivity contribution in [3.8, 4) is 56.4 Å². The molecule has 2 aromatic heterocycles. The summed E-state index contributed by atoms with van der Waals surface area (Å²) in [7, 11) is 0. The highest BCUT2D eigenvalue weighted by Gasteiger charge is 2.21. The van der Waals surface area contributed by atoms with E-state index in [2.05, 4.69) is 103 Å². The standard InChI is InChI=1S/C45H27N3O/c1-4-12-28(13-5-1)34-24-25-39-42-40(34)37-27-32(22-23-35(37)36-20-11-21-38(49-39)41(36)42)31-18-10-19-33(26-31)45-47-43(29-14-6-2-7-15-29)46-44(48-45)30-16-8-3-9-17-30/h1-27H. The van der Waals surface area contributed by atoms with Crippen molar-refractivity contribution in [3.05, 3.63) is 164 Å². The van der Waals surface area contributed by atoms with Gasteiger partial charge >= 0.3 is 0 Å². The minimum Gasteiger partial charge on any atom is -0.456 e. The first kappa shape index (κ1) is 27.5. The van der Waals surface area contributed by atoms with E-state index in [1.54, 1.807) is 0 Å². The Balaban J connectivity index is 1.18. The van der Waals surface area contributed by atoms with Crippen molar-refractivity contribution < 1.29 is 4.42 Å². The van der Waals surface area contributed by atoms with Gasteiger partial charge in [0.2, 0.25) is 0 Å². The SMILES string of the molecule is c1ccc(-c2nc(-c3ccccc3)nc(-c3cccc(-c4ccc5c(c4)c4c(-c6ccccc6)ccc6oc7cccc5c7c64)c3)n2)cc1. The minimum atomic E-state index is 0.637. The van der Waals surface area contributed by atoms with Gasteiger partial charge in [-0.15, -0.1) is 0 Å². The van der Waals surface area contributed by atoms with Crippen molar-refractivity contribution in [2.24, 2.45) is 0 Å².